The van der Waals surface area contributed by atoms with E-state index >= 15 is 0 Å². The van der Waals surface area contributed by atoms with Gasteiger partial charge in [0.1, 0.15) is 0 Å². The molecule has 1 heteroatoms. The lowest BCUT2D eigenvalue weighted by molar-refractivity contribution is 0.467. The predicted molar refractivity (Wildman–Crippen MR) is 264 cm³/mol. The third kappa shape index (κ3) is 7.43. The van der Waals surface area contributed by atoms with Gasteiger partial charge in [0.25, 0.3) is 0 Å². The van der Waals surface area contributed by atoms with E-state index < -0.39 is 0 Å². The molecule has 0 fully saturated rings. The van der Waals surface area contributed by atoms with E-state index in [2.05, 4.69) is 243 Å². The molecular formula is C61H53N. The van der Waals surface area contributed by atoms with Gasteiger partial charge in [-0.2, -0.15) is 0 Å². The molecule has 0 spiro atoms. The van der Waals surface area contributed by atoms with Crippen molar-refractivity contribution in [2.24, 2.45) is 0 Å². The Bertz CT molecular complexity index is 2780. The van der Waals surface area contributed by atoms with Crippen molar-refractivity contribution in [1.82, 2.24) is 0 Å². The summed E-state index contributed by atoms with van der Waals surface area (Å²) in [5.41, 5.74) is 19.8. The summed E-state index contributed by atoms with van der Waals surface area (Å²) >= 11 is 0. The quantitative estimate of drug-likeness (QED) is 0.118. The van der Waals surface area contributed by atoms with Crippen LogP contribution in [0.15, 0.2) is 224 Å². The Balaban J connectivity index is 0.922. The van der Waals surface area contributed by atoms with Gasteiger partial charge in [-0.15, -0.1) is 0 Å². The van der Waals surface area contributed by atoms with Crippen LogP contribution in [-0.4, -0.2) is 0 Å². The van der Waals surface area contributed by atoms with Gasteiger partial charge in [-0.05, 0) is 123 Å². The molecule has 3 aliphatic rings. The molecule has 0 bridgehead atoms. The van der Waals surface area contributed by atoms with E-state index in [-0.39, 0.29) is 11.3 Å². The first kappa shape index (κ1) is 39.2. The van der Waals surface area contributed by atoms with Crippen molar-refractivity contribution in [1.29, 1.82) is 0 Å². The van der Waals surface area contributed by atoms with Crippen LogP contribution in [0.1, 0.15) is 90.3 Å². The maximum atomic E-state index is 2.53. The van der Waals surface area contributed by atoms with E-state index in [9.17, 15) is 0 Å². The highest BCUT2D eigenvalue weighted by Crippen LogP contribution is 2.57. The zero-order valence-electron chi connectivity index (χ0n) is 35.8. The number of allylic oxidation sites excluding steroid dienone is 7. The minimum absolute atomic E-state index is 0.00496. The summed E-state index contributed by atoms with van der Waals surface area (Å²) < 4.78 is 0. The Morgan fingerprint density at radius 1 is 0.532 bits per heavy atom. The number of hydrogen-bond acceptors (Lipinski definition) is 1. The lowest BCUT2D eigenvalue weighted by Crippen LogP contribution is -2.27. The Kier molecular flexibility index (Phi) is 10.9. The molecule has 302 valence electrons. The molecule has 2 unspecified atom stereocenters. The van der Waals surface area contributed by atoms with E-state index in [1.165, 1.54) is 78.3 Å². The Morgan fingerprint density at radius 2 is 1.08 bits per heavy atom. The second-order valence-corrected chi connectivity index (χ2v) is 17.0. The second kappa shape index (κ2) is 17.2. The summed E-state index contributed by atoms with van der Waals surface area (Å²) in [6, 6.07) is 68.8. The molecule has 0 amide bonds. The molecule has 62 heavy (non-hydrogen) atoms. The Hall–Kier alpha value is -6.96. The first-order valence-corrected chi connectivity index (χ1v) is 22.5. The summed E-state index contributed by atoms with van der Waals surface area (Å²) in [4.78, 5) is 2.43. The van der Waals surface area contributed by atoms with Crippen LogP contribution < -0.4 is 4.90 Å². The topological polar surface area (TPSA) is 3.24 Å². The molecule has 7 aromatic carbocycles. The van der Waals surface area contributed by atoms with Crippen molar-refractivity contribution in [3.05, 3.63) is 263 Å². The standard InChI is InChI=1S/C61H53N/c1-3-61(4-2)59-41-45(29-38-56(59)57-40-37-54(43-60(57)61)62(52-21-13-7-14-22-52)53-23-15-8-16-24-53)26-25-44-27-30-49(31-28-44)55-39-36-51(47-19-11-6-12-20-47)42-58(55)50-34-32-48(33-35-50)46-17-9-5-10-18-46/h5-39,41,43,57-58H,3-4,40,42H2,1-2H3/b26-25+. The molecule has 2 atom stereocenters. The maximum Gasteiger partial charge on any atom is 0.0461 e. The molecule has 10 rings (SSSR count). The number of fused-ring (bicyclic) bond motifs is 3. The van der Waals surface area contributed by atoms with Crippen LogP contribution in [0.5, 0.6) is 0 Å². The van der Waals surface area contributed by atoms with Gasteiger partial charge in [-0.3, -0.25) is 0 Å². The Labute approximate surface area is 368 Å². The molecule has 3 aliphatic carbocycles. The van der Waals surface area contributed by atoms with Crippen LogP contribution in [0.2, 0.25) is 0 Å². The molecular weight excluding hydrogens is 747 g/mol. The fourth-order valence-corrected chi connectivity index (χ4v) is 10.5. The highest BCUT2D eigenvalue weighted by Gasteiger charge is 2.46. The van der Waals surface area contributed by atoms with Crippen molar-refractivity contribution in [3.63, 3.8) is 0 Å². The highest BCUT2D eigenvalue weighted by molar-refractivity contribution is 5.84. The van der Waals surface area contributed by atoms with E-state index in [0.29, 0.717) is 5.92 Å². The van der Waals surface area contributed by atoms with Gasteiger partial charge in [0.05, 0.1) is 0 Å². The summed E-state index contributed by atoms with van der Waals surface area (Å²) in [5, 5.41) is 0. The molecule has 0 N–H and O–H groups in total. The predicted octanol–water partition coefficient (Wildman–Crippen LogP) is 16.4. The fraction of sp³-hybridized carbons (Fsp3) is 0.148. The van der Waals surface area contributed by atoms with Gasteiger partial charge in [0.2, 0.25) is 0 Å². The molecule has 1 nitrogen and oxygen atoms in total. The van der Waals surface area contributed by atoms with Crippen LogP contribution in [0.3, 0.4) is 0 Å². The van der Waals surface area contributed by atoms with Crippen molar-refractivity contribution in [2.45, 2.75) is 56.8 Å². The van der Waals surface area contributed by atoms with Gasteiger partial charge in [-0.1, -0.05) is 208 Å². The average molecular weight is 800 g/mol. The van der Waals surface area contributed by atoms with Crippen molar-refractivity contribution < 1.29 is 0 Å². The number of nitrogens with zero attached hydrogens (tertiary/aromatic N) is 1. The number of para-hydroxylation sites is 2. The van der Waals surface area contributed by atoms with Crippen LogP contribution in [-0.2, 0) is 5.41 Å². The zero-order valence-corrected chi connectivity index (χ0v) is 35.8. The highest BCUT2D eigenvalue weighted by atomic mass is 15.1. The largest absolute Gasteiger partial charge is 0.311 e. The summed E-state index contributed by atoms with van der Waals surface area (Å²) in [6.45, 7) is 4.77. The molecule has 0 heterocycles. The first-order chi connectivity index (χ1) is 30.6. The molecule has 0 radical (unpaired) electrons. The number of hydrogen-bond donors (Lipinski definition) is 0. The van der Waals surface area contributed by atoms with E-state index in [1.807, 2.05) is 0 Å². The molecule has 0 aliphatic heterocycles. The summed E-state index contributed by atoms with van der Waals surface area (Å²) in [5.74, 6) is 0.668. The molecule has 7 aromatic rings. The molecule has 0 saturated heterocycles. The lowest BCUT2D eigenvalue weighted by atomic mass is 9.71. The van der Waals surface area contributed by atoms with Gasteiger partial charge in [0.15, 0.2) is 0 Å². The maximum absolute atomic E-state index is 2.53. The number of benzene rings is 7. The van der Waals surface area contributed by atoms with Crippen LogP contribution >= 0.6 is 0 Å². The molecule has 0 saturated carbocycles. The Morgan fingerprint density at radius 3 is 1.71 bits per heavy atom. The monoisotopic (exact) mass is 799 g/mol. The van der Waals surface area contributed by atoms with Crippen molar-refractivity contribution in [3.8, 4) is 11.1 Å². The SMILES string of the molecule is CCC1(CC)C2=CC(N(c3ccccc3)c3ccccc3)=CCC2c2ccc(/C=C/c3ccc(C4=CC=C(c5ccccc5)CC4c4ccc(-c5ccccc5)cc4)cc3)cc21. The van der Waals surface area contributed by atoms with E-state index in [4.69, 9.17) is 0 Å². The van der Waals surface area contributed by atoms with E-state index in [1.54, 1.807) is 5.57 Å². The van der Waals surface area contributed by atoms with Gasteiger partial charge < -0.3 is 4.90 Å². The lowest BCUT2D eigenvalue weighted by Gasteiger charge is -2.35. The minimum atomic E-state index is 0.00496. The number of anilines is 2. The smallest absolute Gasteiger partial charge is 0.0461 e. The third-order valence-corrected chi connectivity index (χ3v) is 13.8. The molecule has 0 aromatic heterocycles. The summed E-state index contributed by atoms with van der Waals surface area (Å²) in [6.07, 6.45) is 18.4. The van der Waals surface area contributed by atoms with Gasteiger partial charge in [-0.25, -0.2) is 0 Å². The third-order valence-electron chi connectivity index (χ3n) is 13.8. The fourth-order valence-electron chi connectivity index (χ4n) is 10.5. The average Bonchev–Trinajstić information content (AvgIpc) is 3.63. The van der Waals surface area contributed by atoms with Crippen LogP contribution in [0.25, 0.3) is 34.4 Å². The first-order valence-electron chi connectivity index (χ1n) is 22.5. The van der Waals surface area contributed by atoms with Crippen molar-refractivity contribution in [2.75, 3.05) is 4.90 Å². The van der Waals surface area contributed by atoms with Crippen LogP contribution in [0.4, 0.5) is 11.4 Å². The van der Waals surface area contributed by atoms with Crippen molar-refractivity contribution >= 4 is 34.7 Å². The number of rotatable bonds is 11. The minimum Gasteiger partial charge on any atom is -0.311 e. The van der Waals surface area contributed by atoms with Gasteiger partial charge >= 0.3 is 0 Å². The normalized spacial score (nSPS) is 17.6. The van der Waals surface area contributed by atoms with Gasteiger partial charge in [0, 0.05) is 34.3 Å². The summed E-state index contributed by atoms with van der Waals surface area (Å²) in [7, 11) is 0. The van der Waals surface area contributed by atoms with Crippen LogP contribution in [0, 0.1) is 0 Å². The van der Waals surface area contributed by atoms with E-state index in [0.717, 1.165) is 25.7 Å². The second-order valence-electron chi connectivity index (χ2n) is 17.0. The zero-order chi connectivity index (χ0) is 41.9.